The Morgan fingerprint density at radius 1 is 0.864 bits per heavy atom. The maximum atomic E-state index is 14.7. The Labute approximate surface area is 264 Å². The van der Waals surface area contributed by atoms with E-state index in [9.17, 15) is 19.5 Å². The van der Waals surface area contributed by atoms with E-state index in [0.29, 0.717) is 13.1 Å². The Kier molecular flexibility index (Phi) is 15.2. The Hall–Kier alpha value is -3.55. The van der Waals surface area contributed by atoms with Gasteiger partial charge in [-0.2, -0.15) is 0 Å². The number of aromatic hydroxyl groups is 1. The molecule has 0 aliphatic carbocycles. The molecule has 244 valence electrons. The van der Waals surface area contributed by atoms with E-state index in [2.05, 4.69) is 24.5 Å². The van der Waals surface area contributed by atoms with Gasteiger partial charge in [0.1, 0.15) is 23.4 Å². The van der Waals surface area contributed by atoms with Crippen molar-refractivity contribution < 1.29 is 24.2 Å². The first-order chi connectivity index (χ1) is 20.9. The van der Waals surface area contributed by atoms with Crippen molar-refractivity contribution in [1.82, 2.24) is 15.5 Å². The van der Waals surface area contributed by atoms with Crippen LogP contribution >= 0.6 is 0 Å². The summed E-state index contributed by atoms with van der Waals surface area (Å²) in [6, 6.07) is 10.6. The number of benzene rings is 2. The third-order valence-electron chi connectivity index (χ3n) is 7.61. The zero-order chi connectivity index (χ0) is 32.7. The fraction of sp³-hybridized carbons (Fsp3) is 0.583. The topological polar surface area (TPSA) is 108 Å². The largest absolute Gasteiger partial charge is 0.508 e. The average molecular weight is 610 g/mol. The van der Waals surface area contributed by atoms with E-state index in [1.165, 1.54) is 0 Å². The summed E-state index contributed by atoms with van der Waals surface area (Å²) < 4.78 is 5.55. The lowest BCUT2D eigenvalue weighted by atomic mass is 9.93. The highest BCUT2D eigenvalue weighted by atomic mass is 16.6. The van der Waals surface area contributed by atoms with Gasteiger partial charge in [0.25, 0.3) is 0 Å². The van der Waals surface area contributed by atoms with Gasteiger partial charge in [0.2, 0.25) is 11.8 Å². The van der Waals surface area contributed by atoms with Crippen LogP contribution in [0.4, 0.5) is 4.79 Å². The number of hydrogen-bond acceptors (Lipinski definition) is 5. The monoisotopic (exact) mass is 609 g/mol. The third kappa shape index (κ3) is 12.2. The Balaban J connectivity index is 2.59. The second kappa shape index (κ2) is 18.3. The minimum atomic E-state index is -0.996. The molecule has 0 saturated carbocycles. The zero-order valence-corrected chi connectivity index (χ0v) is 28.0. The third-order valence-corrected chi connectivity index (χ3v) is 7.61. The number of carbonyl (C=O) groups is 3. The van der Waals surface area contributed by atoms with Gasteiger partial charge >= 0.3 is 6.09 Å². The Bertz CT molecular complexity index is 1170. The fourth-order valence-corrected chi connectivity index (χ4v) is 5.34. The Morgan fingerprint density at radius 3 is 2.05 bits per heavy atom. The second-order valence-electron chi connectivity index (χ2n) is 12.7. The fourth-order valence-electron chi connectivity index (χ4n) is 5.34. The maximum Gasteiger partial charge on any atom is 0.408 e. The van der Waals surface area contributed by atoms with Crippen molar-refractivity contribution >= 4 is 17.9 Å². The molecule has 0 aromatic heterocycles. The first kappa shape index (κ1) is 36.6. The Morgan fingerprint density at radius 2 is 1.45 bits per heavy atom. The van der Waals surface area contributed by atoms with Crippen molar-refractivity contribution in [1.29, 1.82) is 0 Å². The summed E-state index contributed by atoms with van der Waals surface area (Å²) in [6.07, 6.45) is 7.27. The van der Waals surface area contributed by atoms with Crippen molar-refractivity contribution in [2.45, 2.75) is 124 Å². The summed E-state index contributed by atoms with van der Waals surface area (Å²) in [6.45, 7) is 14.4. The number of aryl methyl sites for hydroxylation is 2. The predicted octanol–water partition coefficient (Wildman–Crippen LogP) is 7.29. The van der Waals surface area contributed by atoms with E-state index < -0.39 is 23.8 Å². The van der Waals surface area contributed by atoms with E-state index >= 15 is 0 Å². The number of ether oxygens (including phenoxy) is 1. The molecule has 44 heavy (non-hydrogen) atoms. The lowest BCUT2D eigenvalue weighted by Gasteiger charge is -2.36. The van der Waals surface area contributed by atoms with Gasteiger partial charge in [-0.15, -0.1) is 0 Å². The number of phenolic OH excluding ortho intramolecular Hbond substituents is 1. The normalized spacial score (nSPS) is 12.7. The molecule has 0 aliphatic heterocycles. The average Bonchev–Trinajstić information content (AvgIpc) is 2.95. The summed E-state index contributed by atoms with van der Waals surface area (Å²) >= 11 is 0. The summed E-state index contributed by atoms with van der Waals surface area (Å²) in [7, 11) is 0. The molecule has 0 aliphatic rings. The van der Waals surface area contributed by atoms with E-state index in [1.54, 1.807) is 49.9 Å². The molecule has 2 aromatic carbocycles. The number of nitrogens with one attached hydrogen (secondary N) is 2. The lowest BCUT2D eigenvalue weighted by Crippen LogP contribution is -2.54. The number of phenols is 1. The van der Waals surface area contributed by atoms with Crippen molar-refractivity contribution in [2.24, 2.45) is 0 Å². The minimum Gasteiger partial charge on any atom is -0.508 e. The molecule has 0 fully saturated rings. The van der Waals surface area contributed by atoms with E-state index in [-0.39, 0.29) is 24.0 Å². The van der Waals surface area contributed by atoms with Gasteiger partial charge in [-0.3, -0.25) is 9.59 Å². The number of alkyl carbamates (subject to hydrolysis) is 1. The van der Waals surface area contributed by atoms with E-state index in [1.807, 2.05) is 32.0 Å². The SMILES string of the molecule is CCCCCCCN(C(=O)C(Cc1ccc(O)cc1)NC(=O)OC(C)(C)C)C(C(=O)NCCCCC)c1c(C)cccc1C. The molecule has 0 radical (unpaired) electrons. The highest BCUT2D eigenvalue weighted by molar-refractivity contribution is 5.92. The van der Waals surface area contributed by atoms with Crippen LogP contribution in [0.25, 0.3) is 0 Å². The van der Waals surface area contributed by atoms with Gasteiger partial charge < -0.3 is 25.4 Å². The van der Waals surface area contributed by atoms with E-state index in [4.69, 9.17) is 4.74 Å². The smallest absolute Gasteiger partial charge is 0.408 e. The van der Waals surface area contributed by atoms with E-state index in [0.717, 1.165) is 73.6 Å². The van der Waals surface area contributed by atoms with Crippen LogP contribution in [0, 0.1) is 13.8 Å². The van der Waals surface area contributed by atoms with Gasteiger partial charge in [0.15, 0.2) is 0 Å². The van der Waals surface area contributed by atoms with Crippen LogP contribution in [0.3, 0.4) is 0 Å². The molecule has 0 saturated heterocycles. The molecule has 2 aromatic rings. The van der Waals surface area contributed by atoms with Gasteiger partial charge in [-0.1, -0.05) is 82.7 Å². The van der Waals surface area contributed by atoms with Crippen LogP contribution in [-0.4, -0.2) is 52.6 Å². The van der Waals surface area contributed by atoms with Crippen LogP contribution in [0.5, 0.6) is 5.75 Å². The van der Waals surface area contributed by atoms with Gasteiger partial charge in [0, 0.05) is 19.5 Å². The van der Waals surface area contributed by atoms with Gasteiger partial charge in [-0.05, 0) is 81.8 Å². The summed E-state index contributed by atoms with van der Waals surface area (Å²) in [5, 5.41) is 15.8. The van der Waals surface area contributed by atoms with Crippen LogP contribution in [0.15, 0.2) is 42.5 Å². The maximum absolute atomic E-state index is 14.7. The van der Waals surface area contributed by atoms with Crippen molar-refractivity contribution in [3.8, 4) is 5.75 Å². The lowest BCUT2D eigenvalue weighted by molar-refractivity contribution is -0.142. The first-order valence-corrected chi connectivity index (χ1v) is 16.3. The number of unbranched alkanes of at least 4 members (excludes halogenated alkanes) is 6. The number of nitrogens with zero attached hydrogens (tertiary/aromatic N) is 1. The van der Waals surface area contributed by atoms with Crippen molar-refractivity contribution in [3.63, 3.8) is 0 Å². The van der Waals surface area contributed by atoms with Crippen molar-refractivity contribution in [2.75, 3.05) is 13.1 Å². The molecule has 3 N–H and O–H groups in total. The molecule has 3 amide bonds. The highest BCUT2D eigenvalue weighted by Crippen LogP contribution is 2.30. The molecule has 8 nitrogen and oxygen atoms in total. The molecule has 2 unspecified atom stereocenters. The molecular formula is C36H55N3O5. The van der Waals surface area contributed by atoms with Gasteiger partial charge in [0.05, 0.1) is 0 Å². The molecule has 2 rings (SSSR count). The quantitative estimate of drug-likeness (QED) is 0.163. The second-order valence-corrected chi connectivity index (χ2v) is 12.7. The van der Waals surface area contributed by atoms with Crippen LogP contribution in [0.2, 0.25) is 0 Å². The standard InChI is InChI=1S/C36H55N3O5/c1-8-10-12-13-15-24-39(32(33(41)37-23-14-11-9-2)31-26(3)17-16-18-27(31)4)34(42)30(38-35(43)44-36(5,6)7)25-28-19-21-29(40)22-20-28/h16-22,30,32,40H,8-15,23-25H2,1-7H3,(H,37,41)(H,38,43). The minimum absolute atomic E-state index is 0.111. The summed E-state index contributed by atoms with van der Waals surface area (Å²) in [5.41, 5.74) is 2.67. The number of hydrogen-bond donors (Lipinski definition) is 3. The van der Waals surface area contributed by atoms with Crippen LogP contribution in [-0.2, 0) is 20.7 Å². The van der Waals surface area contributed by atoms with Crippen molar-refractivity contribution in [3.05, 3.63) is 64.7 Å². The molecule has 0 heterocycles. The van der Waals surface area contributed by atoms with Gasteiger partial charge in [-0.25, -0.2) is 4.79 Å². The summed E-state index contributed by atoms with van der Waals surface area (Å²) in [4.78, 5) is 43.5. The number of carbonyl (C=O) groups excluding carboxylic acids is 3. The zero-order valence-electron chi connectivity index (χ0n) is 28.0. The molecular weight excluding hydrogens is 554 g/mol. The molecule has 0 bridgehead atoms. The molecule has 0 spiro atoms. The summed E-state index contributed by atoms with van der Waals surface area (Å²) in [5.74, 6) is -0.461. The van der Waals surface area contributed by atoms with Crippen LogP contribution < -0.4 is 10.6 Å². The predicted molar refractivity (Wildman–Crippen MR) is 177 cm³/mol. The first-order valence-electron chi connectivity index (χ1n) is 16.3. The molecule has 8 heteroatoms. The highest BCUT2D eigenvalue weighted by Gasteiger charge is 2.37. The van der Waals surface area contributed by atoms with Crippen LogP contribution in [0.1, 0.15) is 114 Å². The molecule has 2 atom stereocenters. The number of amides is 3. The number of rotatable bonds is 17.